The summed E-state index contributed by atoms with van der Waals surface area (Å²) in [6, 6.07) is 3.30. The Bertz CT molecular complexity index is 631. The molecule has 0 aliphatic heterocycles. The summed E-state index contributed by atoms with van der Waals surface area (Å²) in [6.45, 7) is 0.473. The van der Waals surface area contributed by atoms with Crippen LogP contribution in [-0.2, 0) is 19.4 Å². The number of hydrogen-bond donors (Lipinski definition) is 1. The molecule has 0 saturated heterocycles. The molecule has 0 atom stereocenters. The van der Waals surface area contributed by atoms with Crippen LogP contribution in [0.2, 0.25) is 0 Å². The molecule has 1 N–H and O–H groups in total. The third kappa shape index (κ3) is 3.21. The number of pyridine rings is 1. The molecule has 1 aliphatic rings. The van der Waals surface area contributed by atoms with E-state index in [-0.39, 0.29) is 5.91 Å². The number of thiazole rings is 1. The molecule has 1 aliphatic carbocycles. The van der Waals surface area contributed by atoms with E-state index in [1.807, 2.05) is 0 Å². The molecular formula is C15H17N3O2S. The first kappa shape index (κ1) is 14.0. The van der Waals surface area contributed by atoms with Crippen molar-refractivity contribution >= 4 is 17.2 Å². The van der Waals surface area contributed by atoms with E-state index in [2.05, 4.69) is 15.3 Å². The van der Waals surface area contributed by atoms with Crippen molar-refractivity contribution in [2.24, 2.45) is 0 Å². The van der Waals surface area contributed by atoms with Gasteiger partial charge in [0.05, 0.1) is 19.3 Å². The van der Waals surface area contributed by atoms with E-state index in [9.17, 15) is 4.79 Å². The SMILES string of the molecule is COc1cc(C(=O)NCc2nc3c(s2)CCCC3)ccn1. The number of rotatable bonds is 4. The largest absolute Gasteiger partial charge is 0.481 e. The number of aromatic nitrogens is 2. The third-order valence-electron chi connectivity index (χ3n) is 3.50. The summed E-state index contributed by atoms with van der Waals surface area (Å²) in [5.41, 5.74) is 1.77. The molecule has 3 rings (SSSR count). The van der Waals surface area contributed by atoms with Crippen LogP contribution in [0.4, 0.5) is 0 Å². The minimum atomic E-state index is -0.135. The Labute approximate surface area is 127 Å². The van der Waals surface area contributed by atoms with Crippen molar-refractivity contribution < 1.29 is 9.53 Å². The van der Waals surface area contributed by atoms with Crippen LogP contribution in [0, 0.1) is 0 Å². The average molecular weight is 303 g/mol. The van der Waals surface area contributed by atoms with Gasteiger partial charge in [-0.2, -0.15) is 0 Å². The summed E-state index contributed by atoms with van der Waals surface area (Å²) in [6.07, 6.45) is 6.23. The minimum Gasteiger partial charge on any atom is -0.481 e. The van der Waals surface area contributed by atoms with E-state index in [1.54, 1.807) is 29.7 Å². The molecule has 0 radical (unpaired) electrons. The second kappa shape index (κ2) is 6.22. The van der Waals surface area contributed by atoms with Gasteiger partial charge in [-0.15, -0.1) is 11.3 Å². The first-order valence-electron chi connectivity index (χ1n) is 7.02. The Morgan fingerprint density at radius 2 is 2.29 bits per heavy atom. The standard InChI is InChI=1S/C15H17N3O2S/c1-20-13-8-10(6-7-16-13)15(19)17-9-14-18-11-4-2-3-5-12(11)21-14/h6-8H,2-5,9H2,1H3,(H,17,19). The molecule has 2 heterocycles. The number of carbonyl (C=O) groups excluding carboxylic acids is 1. The smallest absolute Gasteiger partial charge is 0.251 e. The van der Waals surface area contributed by atoms with Gasteiger partial charge < -0.3 is 10.1 Å². The van der Waals surface area contributed by atoms with E-state index in [0.29, 0.717) is 18.0 Å². The van der Waals surface area contributed by atoms with Crippen molar-refractivity contribution in [2.45, 2.75) is 32.2 Å². The molecule has 5 nitrogen and oxygen atoms in total. The summed E-state index contributed by atoms with van der Waals surface area (Å²) < 4.78 is 5.02. The molecule has 0 saturated carbocycles. The third-order valence-corrected chi connectivity index (χ3v) is 4.65. The Balaban J connectivity index is 1.64. The Kier molecular flexibility index (Phi) is 4.15. The van der Waals surface area contributed by atoms with Crippen LogP contribution in [0.25, 0.3) is 0 Å². The van der Waals surface area contributed by atoms with Crippen molar-refractivity contribution in [1.29, 1.82) is 0 Å². The van der Waals surface area contributed by atoms with Crippen LogP contribution in [0.3, 0.4) is 0 Å². The molecule has 21 heavy (non-hydrogen) atoms. The van der Waals surface area contributed by atoms with E-state index < -0.39 is 0 Å². The van der Waals surface area contributed by atoms with Gasteiger partial charge >= 0.3 is 0 Å². The van der Waals surface area contributed by atoms with Crippen molar-refractivity contribution in [3.05, 3.63) is 39.5 Å². The number of methoxy groups -OCH3 is 1. The second-order valence-corrected chi connectivity index (χ2v) is 6.12. The van der Waals surface area contributed by atoms with Crippen LogP contribution >= 0.6 is 11.3 Å². The van der Waals surface area contributed by atoms with Crippen molar-refractivity contribution in [1.82, 2.24) is 15.3 Å². The Morgan fingerprint density at radius 1 is 1.43 bits per heavy atom. The quantitative estimate of drug-likeness (QED) is 0.941. The number of fused-ring (bicyclic) bond motifs is 1. The topological polar surface area (TPSA) is 64.1 Å². The summed E-state index contributed by atoms with van der Waals surface area (Å²) in [5.74, 6) is 0.302. The van der Waals surface area contributed by atoms with Crippen molar-refractivity contribution in [3.8, 4) is 5.88 Å². The zero-order valence-electron chi connectivity index (χ0n) is 11.9. The summed E-state index contributed by atoms with van der Waals surface area (Å²) in [5, 5.41) is 3.88. The van der Waals surface area contributed by atoms with Crippen LogP contribution in [0.5, 0.6) is 5.88 Å². The predicted octanol–water partition coefficient (Wildman–Crippen LogP) is 2.36. The number of nitrogens with zero attached hydrogens (tertiary/aromatic N) is 2. The van der Waals surface area contributed by atoms with Crippen LogP contribution in [0.1, 0.15) is 38.8 Å². The highest BCUT2D eigenvalue weighted by Gasteiger charge is 2.15. The Morgan fingerprint density at radius 3 is 3.10 bits per heavy atom. The molecule has 0 bridgehead atoms. The maximum atomic E-state index is 12.1. The maximum Gasteiger partial charge on any atom is 0.251 e. The number of aryl methyl sites for hydroxylation is 2. The molecule has 2 aromatic rings. The Hall–Kier alpha value is -1.95. The van der Waals surface area contributed by atoms with Gasteiger partial charge in [-0.05, 0) is 31.7 Å². The highest BCUT2D eigenvalue weighted by atomic mass is 32.1. The van der Waals surface area contributed by atoms with Gasteiger partial charge in [0.2, 0.25) is 5.88 Å². The number of amides is 1. The highest BCUT2D eigenvalue weighted by molar-refractivity contribution is 7.11. The zero-order valence-corrected chi connectivity index (χ0v) is 12.7. The predicted molar refractivity (Wildman–Crippen MR) is 80.7 cm³/mol. The number of ether oxygens (including phenoxy) is 1. The van der Waals surface area contributed by atoms with Gasteiger partial charge in [-0.25, -0.2) is 9.97 Å². The molecule has 110 valence electrons. The number of carbonyl (C=O) groups is 1. The van der Waals surface area contributed by atoms with E-state index in [4.69, 9.17) is 4.74 Å². The molecule has 1 amide bonds. The van der Waals surface area contributed by atoms with Gasteiger partial charge in [-0.3, -0.25) is 4.79 Å². The number of nitrogens with one attached hydrogen (secondary N) is 1. The van der Waals surface area contributed by atoms with Crippen LogP contribution < -0.4 is 10.1 Å². The minimum absolute atomic E-state index is 0.135. The van der Waals surface area contributed by atoms with Gasteiger partial charge in [0.1, 0.15) is 5.01 Å². The lowest BCUT2D eigenvalue weighted by Crippen LogP contribution is -2.22. The lowest BCUT2D eigenvalue weighted by molar-refractivity contribution is 0.0950. The zero-order chi connectivity index (χ0) is 14.7. The molecular weight excluding hydrogens is 286 g/mol. The lowest BCUT2D eigenvalue weighted by Gasteiger charge is -2.06. The van der Waals surface area contributed by atoms with Crippen LogP contribution in [0.15, 0.2) is 18.3 Å². The summed E-state index contributed by atoms with van der Waals surface area (Å²) in [4.78, 5) is 22.1. The molecule has 6 heteroatoms. The first-order chi connectivity index (χ1) is 10.3. The van der Waals surface area contributed by atoms with Crippen molar-refractivity contribution in [2.75, 3.05) is 7.11 Å². The van der Waals surface area contributed by atoms with E-state index in [1.165, 1.54) is 30.5 Å². The fourth-order valence-corrected chi connectivity index (χ4v) is 3.50. The fourth-order valence-electron chi connectivity index (χ4n) is 2.40. The maximum absolute atomic E-state index is 12.1. The monoisotopic (exact) mass is 303 g/mol. The molecule has 0 unspecified atom stereocenters. The molecule has 0 aromatic carbocycles. The average Bonchev–Trinajstić information content (AvgIpc) is 2.95. The molecule has 0 spiro atoms. The summed E-state index contributed by atoms with van der Waals surface area (Å²) in [7, 11) is 1.53. The molecule has 2 aromatic heterocycles. The van der Waals surface area contributed by atoms with E-state index in [0.717, 1.165) is 17.8 Å². The second-order valence-electron chi connectivity index (χ2n) is 4.95. The van der Waals surface area contributed by atoms with Gasteiger partial charge in [0.15, 0.2) is 0 Å². The van der Waals surface area contributed by atoms with Crippen LogP contribution in [-0.4, -0.2) is 23.0 Å². The lowest BCUT2D eigenvalue weighted by atomic mass is 10.0. The van der Waals surface area contributed by atoms with Gasteiger partial charge in [0, 0.05) is 22.7 Å². The highest BCUT2D eigenvalue weighted by Crippen LogP contribution is 2.26. The first-order valence-corrected chi connectivity index (χ1v) is 7.83. The van der Waals surface area contributed by atoms with E-state index >= 15 is 0 Å². The van der Waals surface area contributed by atoms with Gasteiger partial charge in [-0.1, -0.05) is 0 Å². The normalized spacial score (nSPS) is 13.6. The van der Waals surface area contributed by atoms with Crippen molar-refractivity contribution in [3.63, 3.8) is 0 Å². The molecule has 0 fully saturated rings. The van der Waals surface area contributed by atoms with Gasteiger partial charge in [0.25, 0.3) is 5.91 Å². The fraction of sp³-hybridized carbons (Fsp3) is 0.400. The number of hydrogen-bond acceptors (Lipinski definition) is 5. The summed E-state index contributed by atoms with van der Waals surface area (Å²) >= 11 is 1.72.